The fourth-order valence-corrected chi connectivity index (χ4v) is 2.99. The molecule has 16 heavy (non-hydrogen) atoms. The molecule has 2 heterocycles. The molecule has 1 fully saturated rings. The molecule has 0 spiro atoms. The molecule has 1 saturated heterocycles. The van der Waals surface area contributed by atoms with Crippen LogP contribution < -0.4 is 16.0 Å². The number of benzene rings is 1. The summed E-state index contributed by atoms with van der Waals surface area (Å²) in [7, 11) is 0. The number of rotatable bonds is 1. The first-order valence-electron chi connectivity index (χ1n) is 5.45. The van der Waals surface area contributed by atoms with Crippen LogP contribution in [0, 0.1) is 0 Å². The Bertz CT molecular complexity index is 502. The van der Waals surface area contributed by atoms with Crippen molar-refractivity contribution in [2.24, 2.45) is 0 Å². The van der Waals surface area contributed by atoms with Gasteiger partial charge in [-0.25, -0.2) is 4.98 Å². The van der Waals surface area contributed by atoms with Gasteiger partial charge < -0.3 is 16.0 Å². The molecule has 0 radical (unpaired) electrons. The van der Waals surface area contributed by atoms with Gasteiger partial charge in [0.15, 0.2) is 5.13 Å². The van der Waals surface area contributed by atoms with E-state index in [4.69, 9.17) is 5.73 Å². The van der Waals surface area contributed by atoms with Crippen molar-refractivity contribution in [2.45, 2.75) is 0 Å². The van der Waals surface area contributed by atoms with E-state index in [9.17, 15) is 0 Å². The lowest BCUT2D eigenvalue weighted by Gasteiger charge is -2.26. The highest BCUT2D eigenvalue weighted by molar-refractivity contribution is 7.22. The maximum absolute atomic E-state index is 5.77. The molecule has 0 unspecified atom stereocenters. The topological polar surface area (TPSA) is 54.2 Å². The number of piperazine rings is 1. The van der Waals surface area contributed by atoms with Crippen molar-refractivity contribution in [1.82, 2.24) is 10.3 Å². The van der Waals surface area contributed by atoms with Gasteiger partial charge in [-0.05, 0) is 18.2 Å². The predicted octanol–water partition coefficient (Wildman–Crippen LogP) is 1.29. The molecule has 1 aromatic carbocycles. The number of thiazole rings is 1. The van der Waals surface area contributed by atoms with Gasteiger partial charge in [-0.15, -0.1) is 0 Å². The van der Waals surface area contributed by atoms with E-state index in [1.54, 1.807) is 11.3 Å². The van der Waals surface area contributed by atoms with Crippen LogP contribution in [-0.2, 0) is 0 Å². The monoisotopic (exact) mass is 234 g/mol. The van der Waals surface area contributed by atoms with Gasteiger partial charge in [0.1, 0.15) is 0 Å². The van der Waals surface area contributed by atoms with Crippen molar-refractivity contribution in [1.29, 1.82) is 0 Å². The van der Waals surface area contributed by atoms with E-state index >= 15 is 0 Å². The normalized spacial score (nSPS) is 16.9. The second-order valence-corrected chi connectivity index (χ2v) is 4.97. The second-order valence-electron chi connectivity index (χ2n) is 3.96. The molecule has 0 saturated carbocycles. The Morgan fingerprint density at radius 2 is 2.12 bits per heavy atom. The van der Waals surface area contributed by atoms with Gasteiger partial charge in [-0.3, -0.25) is 0 Å². The third-order valence-corrected chi connectivity index (χ3v) is 3.87. The van der Waals surface area contributed by atoms with Crippen LogP contribution in [0.1, 0.15) is 0 Å². The van der Waals surface area contributed by atoms with Crippen LogP contribution in [-0.4, -0.2) is 31.2 Å². The van der Waals surface area contributed by atoms with Crippen LogP contribution in [0.4, 0.5) is 10.8 Å². The second kappa shape index (κ2) is 3.92. The molecule has 5 heteroatoms. The zero-order chi connectivity index (χ0) is 11.0. The van der Waals surface area contributed by atoms with Crippen molar-refractivity contribution in [3.05, 3.63) is 18.2 Å². The van der Waals surface area contributed by atoms with E-state index < -0.39 is 0 Å². The van der Waals surface area contributed by atoms with E-state index in [2.05, 4.69) is 15.2 Å². The van der Waals surface area contributed by atoms with E-state index in [1.165, 1.54) is 4.70 Å². The maximum atomic E-state index is 5.77. The van der Waals surface area contributed by atoms with Gasteiger partial charge in [-0.2, -0.15) is 0 Å². The Kier molecular flexibility index (Phi) is 2.41. The molecule has 3 rings (SSSR count). The number of hydrogen-bond donors (Lipinski definition) is 2. The minimum atomic E-state index is 0.808. The van der Waals surface area contributed by atoms with Crippen LogP contribution in [0.25, 0.3) is 10.2 Å². The number of nitrogens with two attached hydrogens (primary N) is 1. The van der Waals surface area contributed by atoms with Crippen LogP contribution >= 0.6 is 11.3 Å². The fourth-order valence-electron chi connectivity index (χ4n) is 1.92. The number of nitrogens with zero attached hydrogens (tertiary/aromatic N) is 2. The molecule has 84 valence electrons. The largest absolute Gasteiger partial charge is 0.399 e. The summed E-state index contributed by atoms with van der Waals surface area (Å²) in [6, 6.07) is 5.90. The Hall–Kier alpha value is -1.33. The fraction of sp³-hybridized carbons (Fsp3) is 0.364. The average molecular weight is 234 g/mol. The number of hydrogen-bond acceptors (Lipinski definition) is 5. The predicted molar refractivity (Wildman–Crippen MR) is 69.1 cm³/mol. The summed E-state index contributed by atoms with van der Waals surface area (Å²) in [5, 5.41) is 4.46. The zero-order valence-electron chi connectivity index (χ0n) is 8.94. The van der Waals surface area contributed by atoms with Crippen LogP contribution in [0.3, 0.4) is 0 Å². The highest BCUT2D eigenvalue weighted by Crippen LogP contribution is 2.30. The quantitative estimate of drug-likeness (QED) is 0.730. The Morgan fingerprint density at radius 1 is 1.31 bits per heavy atom. The van der Waals surface area contributed by atoms with Crippen LogP contribution in [0.15, 0.2) is 18.2 Å². The summed E-state index contributed by atoms with van der Waals surface area (Å²) in [6.07, 6.45) is 0. The standard InChI is InChI=1S/C11H14N4S/c12-8-1-2-9-10(7-8)16-11(14-9)15-5-3-13-4-6-15/h1-2,7,13H,3-6,12H2. The molecule has 0 bridgehead atoms. The van der Waals surface area contributed by atoms with Gasteiger partial charge >= 0.3 is 0 Å². The van der Waals surface area contributed by atoms with Gasteiger partial charge in [0, 0.05) is 31.9 Å². The first-order chi connectivity index (χ1) is 7.83. The summed E-state index contributed by atoms with van der Waals surface area (Å²) in [5.74, 6) is 0. The summed E-state index contributed by atoms with van der Waals surface area (Å²) < 4.78 is 1.17. The van der Waals surface area contributed by atoms with Crippen molar-refractivity contribution in [2.75, 3.05) is 36.8 Å². The average Bonchev–Trinajstić information content (AvgIpc) is 2.73. The van der Waals surface area contributed by atoms with E-state index in [-0.39, 0.29) is 0 Å². The van der Waals surface area contributed by atoms with Crippen LogP contribution in [0.2, 0.25) is 0 Å². The Balaban J connectivity index is 1.97. The Labute approximate surface area is 98.1 Å². The molecule has 1 aliphatic heterocycles. The molecule has 0 amide bonds. The number of aromatic nitrogens is 1. The van der Waals surface area contributed by atoms with E-state index in [0.717, 1.165) is 42.5 Å². The summed E-state index contributed by atoms with van der Waals surface area (Å²) in [6.45, 7) is 4.15. The van der Waals surface area contributed by atoms with Crippen molar-refractivity contribution in [3.8, 4) is 0 Å². The lowest BCUT2D eigenvalue weighted by Crippen LogP contribution is -2.43. The van der Waals surface area contributed by atoms with Gasteiger partial charge in [0.2, 0.25) is 0 Å². The first kappa shape index (κ1) is 9.86. The minimum absolute atomic E-state index is 0.808. The summed E-state index contributed by atoms with van der Waals surface area (Å²) >= 11 is 1.72. The third-order valence-electron chi connectivity index (χ3n) is 2.79. The van der Waals surface area contributed by atoms with E-state index in [0.29, 0.717) is 0 Å². The molecule has 1 aliphatic rings. The summed E-state index contributed by atoms with van der Waals surface area (Å²) in [5.41, 5.74) is 7.62. The maximum Gasteiger partial charge on any atom is 0.186 e. The number of nitrogens with one attached hydrogen (secondary N) is 1. The minimum Gasteiger partial charge on any atom is -0.399 e. The number of nitrogen functional groups attached to an aromatic ring is 1. The van der Waals surface area contributed by atoms with Crippen molar-refractivity contribution >= 4 is 32.4 Å². The van der Waals surface area contributed by atoms with Gasteiger partial charge in [0.25, 0.3) is 0 Å². The van der Waals surface area contributed by atoms with Crippen molar-refractivity contribution < 1.29 is 0 Å². The third kappa shape index (κ3) is 1.72. The molecule has 2 aromatic rings. The molecule has 3 N–H and O–H groups in total. The van der Waals surface area contributed by atoms with Gasteiger partial charge in [-0.1, -0.05) is 11.3 Å². The highest BCUT2D eigenvalue weighted by Gasteiger charge is 2.14. The van der Waals surface area contributed by atoms with E-state index in [1.807, 2.05) is 18.2 Å². The van der Waals surface area contributed by atoms with Gasteiger partial charge in [0.05, 0.1) is 10.2 Å². The van der Waals surface area contributed by atoms with Crippen molar-refractivity contribution in [3.63, 3.8) is 0 Å². The molecular formula is C11H14N4S. The lowest BCUT2D eigenvalue weighted by atomic mass is 10.3. The summed E-state index contributed by atoms with van der Waals surface area (Å²) in [4.78, 5) is 6.97. The number of fused-ring (bicyclic) bond motifs is 1. The first-order valence-corrected chi connectivity index (χ1v) is 6.26. The molecular weight excluding hydrogens is 220 g/mol. The molecule has 1 aromatic heterocycles. The lowest BCUT2D eigenvalue weighted by molar-refractivity contribution is 0.588. The molecule has 0 aliphatic carbocycles. The molecule has 0 atom stereocenters. The molecule has 4 nitrogen and oxygen atoms in total. The SMILES string of the molecule is Nc1ccc2nc(N3CCNCC3)sc2c1. The van der Waals surface area contributed by atoms with Crippen LogP contribution in [0.5, 0.6) is 0 Å². The number of anilines is 2. The zero-order valence-corrected chi connectivity index (χ0v) is 9.76. The highest BCUT2D eigenvalue weighted by atomic mass is 32.1. The smallest absolute Gasteiger partial charge is 0.186 e. The Morgan fingerprint density at radius 3 is 2.94 bits per heavy atom.